The van der Waals surface area contributed by atoms with E-state index in [9.17, 15) is 0 Å². The van der Waals surface area contributed by atoms with Gasteiger partial charge in [0.2, 0.25) is 0 Å². The fourth-order valence-electron chi connectivity index (χ4n) is 2.00. The van der Waals surface area contributed by atoms with Crippen LogP contribution in [-0.2, 0) is 0 Å². The van der Waals surface area contributed by atoms with Gasteiger partial charge in [-0.1, -0.05) is 6.92 Å². The van der Waals surface area contributed by atoms with Crippen molar-refractivity contribution in [2.75, 3.05) is 20.8 Å². The van der Waals surface area contributed by atoms with Crippen molar-refractivity contribution in [3.05, 3.63) is 29.3 Å². The molecule has 4 nitrogen and oxygen atoms in total. The number of hydrogen-bond acceptors (Lipinski definition) is 5. The minimum absolute atomic E-state index is 0.308. The van der Waals surface area contributed by atoms with Crippen LogP contribution in [0.5, 0.6) is 11.5 Å². The van der Waals surface area contributed by atoms with Crippen LogP contribution in [-0.4, -0.2) is 25.7 Å². The normalized spacial score (nSPS) is 12.2. The van der Waals surface area contributed by atoms with Gasteiger partial charge < -0.3 is 14.8 Å². The zero-order chi connectivity index (χ0) is 14.5. The van der Waals surface area contributed by atoms with Crippen LogP contribution in [0.4, 0.5) is 0 Å². The lowest BCUT2D eigenvalue weighted by Crippen LogP contribution is -2.16. The Balaban J connectivity index is 2.35. The Kier molecular flexibility index (Phi) is 4.98. The van der Waals surface area contributed by atoms with Crippen molar-refractivity contribution in [1.82, 2.24) is 10.3 Å². The Morgan fingerprint density at radius 2 is 2.10 bits per heavy atom. The van der Waals surface area contributed by atoms with Gasteiger partial charge in [-0.3, -0.25) is 0 Å². The SMILES string of the molecule is CCNC(C)c1cnc(-c2cc(OC)ccc2OC)s1. The first-order valence-electron chi connectivity index (χ1n) is 6.61. The number of benzene rings is 1. The highest BCUT2D eigenvalue weighted by Gasteiger charge is 2.14. The zero-order valence-electron chi connectivity index (χ0n) is 12.3. The molecule has 0 radical (unpaired) electrons. The first kappa shape index (κ1) is 14.8. The standard InChI is InChI=1S/C15H20N2O2S/c1-5-16-10(2)14-9-17-15(20-14)12-8-11(18-3)6-7-13(12)19-4/h6-10,16H,5H2,1-4H3. The summed E-state index contributed by atoms with van der Waals surface area (Å²) in [6, 6.07) is 6.06. The third-order valence-electron chi connectivity index (χ3n) is 3.10. The van der Waals surface area contributed by atoms with Gasteiger partial charge in [0, 0.05) is 17.1 Å². The van der Waals surface area contributed by atoms with Crippen LogP contribution in [0.3, 0.4) is 0 Å². The smallest absolute Gasteiger partial charge is 0.129 e. The van der Waals surface area contributed by atoms with Crippen molar-refractivity contribution in [2.24, 2.45) is 0 Å². The van der Waals surface area contributed by atoms with Crippen LogP contribution >= 0.6 is 11.3 Å². The molecule has 0 aliphatic carbocycles. The fourth-order valence-corrected chi connectivity index (χ4v) is 2.96. The van der Waals surface area contributed by atoms with E-state index in [-0.39, 0.29) is 0 Å². The Bertz CT molecular complexity index is 569. The number of hydrogen-bond donors (Lipinski definition) is 1. The molecule has 0 saturated heterocycles. The average Bonchev–Trinajstić information content (AvgIpc) is 2.96. The van der Waals surface area contributed by atoms with Crippen molar-refractivity contribution < 1.29 is 9.47 Å². The molecule has 2 aromatic rings. The molecule has 0 bridgehead atoms. The second-order valence-electron chi connectivity index (χ2n) is 4.41. The largest absolute Gasteiger partial charge is 0.497 e. The summed E-state index contributed by atoms with van der Waals surface area (Å²) in [4.78, 5) is 5.73. The maximum Gasteiger partial charge on any atom is 0.129 e. The van der Waals surface area contributed by atoms with Crippen LogP contribution in [0.1, 0.15) is 24.8 Å². The molecule has 0 amide bonds. The Morgan fingerprint density at radius 3 is 2.75 bits per heavy atom. The Morgan fingerprint density at radius 1 is 1.30 bits per heavy atom. The van der Waals surface area contributed by atoms with E-state index in [2.05, 4.69) is 24.1 Å². The van der Waals surface area contributed by atoms with Crippen LogP contribution in [0, 0.1) is 0 Å². The number of thiazole rings is 1. The van der Waals surface area contributed by atoms with Gasteiger partial charge >= 0.3 is 0 Å². The van der Waals surface area contributed by atoms with Crippen molar-refractivity contribution in [2.45, 2.75) is 19.9 Å². The molecule has 1 aromatic heterocycles. The van der Waals surface area contributed by atoms with Gasteiger partial charge in [-0.15, -0.1) is 11.3 Å². The maximum absolute atomic E-state index is 5.41. The summed E-state index contributed by atoms with van der Waals surface area (Å²) < 4.78 is 10.7. The zero-order valence-corrected chi connectivity index (χ0v) is 13.1. The first-order valence-corrected chi connectivity index (χ1v) is 7.42. The molecule has 108 valence electrons. The molecule has 5 heteroatoms. The monoisotopic (exact) mass is 292 g/mol. The first-order chi connectivity index (χ1) is 9.69. The third-order valence-corrected chi connectivity index (χ3v) is 4.31. The van der Waals surface area contributed by atoms with Crippen molar-refractivity contribution in [3.63, 3.8) is 0 Å². The maximum atomic E-state index is 5.41. The molecule has 1 heterocycles. The topological polar surface area (TPSA) is 43.4 Å². The predicted octanol–water partition coefficient (Wildman–Crippen LogP) is 3.50. The summed E-state index contributed by atoms with van der Waals surface area (Å²) in [7, 11) is 3.33. The quantitative estimate of drug-likeness (QED) is 0.885. The number of rotatable bonds is 6. The molecule has 0 saturated carbocycles. The molecule has 1 aromatic carbocycles. The molecular weight excluding hydrogens is 272 g/mol. The van der Waals surface area contributed by atoms with E-state index < -0.39 is 0 Å². The number of ether oxygens (including phenoxy) is 2. The summed E-state index contributed by atoms with van der Waals surface area (Å²) in [5.41, 5.74) is 0.965. The minimum atomic E-state index is 0.308. The summed E-state index contributed by atoms with van der Waals surface area (Å²) in [6.45, 7) is 5.18. The third kappa shape index (κ3) is 3.11. The molecule has 20 heavy (non-hydrogen) atoms. The lowest BCUT2D eigenvalue weighted by molar-refractivity contribution is 0.404. The van der Waals surface area contributed by atoms with E-state index in [1.807, 2.05) is 24.4 Å². The lowest BCUT2D eigenvalue weighted by Gasteiger charge is -2.09. The fraction of sp³-hybridized carbons (Fsp3) is 0.400. The highest BCUT2D eigenvalue weighted by molar-refractivity contribution is 7.15. The van der Waals surface area contributed by atoms with Gasteiger partial charge in [-0.05, 0) is 31.7 Å². The van der Waals surface area contributed by atoms with E-state index in [4.69, 9.17) is 9.47 Å². The van der Waals surface area contributed by atoms with Crippen molar-refractivity contribution in [3.8, 4) is 22.1 Å². The molecule has 1 atom stereocenters. The van der Waals surface area contributed by atoms with Gasteiger partial charge in [-0.2, -0.15) is 0 Å². The highest BCUT2D eigenvalue weighted by Crippen LogP contribution is 2.36. The number of aromatic nitrogens is 1. The van der Waals surface area contributed by atoms with Crippen LogP contribution in [0.15, 0.2) is 24.4 Å². The molecule has 0 aliphatic heterocycles. The second kappa shape index (κ2) is 6.72. The molecular formula is C15H20N2O2S. The van der Waals surface area contributed by atoms with Gasteiger partial charge in [0.15, 0.2) is 0 Å². The van der Waals surface area contributed by atoms with Gasteiger partial charge in [-0.25, -0.2) is 4.98 Å². The summed E-state index contributed by atoms with van der Waals surface area (Å²) in [5.74, 6) is 1.61. The Hall–Kier alpha value is -1.59. The van der Waals surface area contributed by atoms with Crippen LogP contribution < -0.4 is 14.8 Å². The van der Waals surface area contributed by atoms with Gasteiger partial charge in [0.05, 0.1) is 19.8 Å². The molecule has 2 rings (SSSR count). The van der Waals surface area contributed by atoms with E-state index in [0.29, 0.717) is 6.04 Å². The highest BCUT2D eigenvalue weighted by atomic mass is 32.1. The Labute approximate surface area is 123 Å². The molecule has 1 unspecified atom stereocenters. The van der Waals surface area contributed by atoms with Crippen molar-refractivity contribution >= 4 is 11.3 Å². The molecule has 0 aliphatic rings. The van der Waals surface area contributed by atoms with Crippen molar-refractivity contribution in [1.29, 1.82) is 0 Å². The van der Waals surface area contributed by atoms with Crippen LogP contribution in [0.2, 0.25) is 0 Å². The van der Waals surface area contributed by atoms with E-state index in [1.165, 1.54) is 4.88 Å². The van der Waals surface area contributed by atoms with Crippen LogP contribution in [0.25, 0.3) is 10.6 Å². The number of nitrogens with zero attached hydrogens (tertiary/aromatic N) is 1. The molecule has 0 fully saturated rings. The summed E-state index contributed by atoms with van der Waals surface area (Å²) in [6.07, 6.45) is 1.92. The summed E-state index contributed by atoms with van der Waals surface area (Å²) >= 11 is 1.67. The predicted molar refractivity (Wildman–Crippen MR) is 82.7 cm³/mol. The van der Waals surface area contributed by atoms with Gasteiger partial charge in [0.25, 0.3) is 0 Å². The average molecular weight is 292 g/mol. The second-order valence-corrected chi connectivity index (χ2v) is 5.48. The lowest BCUT2D eigenvalue weighted by atomic mass is 10.2. The van der Waals surface area contributed by atoms with E-state index >= 15 is 0 Å². The summed E-state index contributed by atoms with van der Waals surface area (Å²) in [5, 5.41) is 4.34. The van der Waals surface area contributed by atoms with E-state index in [1.54, 1.807) is 25.6 Å². The number of methoxy groups -OCH3 is 2. The molecule has 1 N–H and O–H groups in total. The molecule has 0 spiro atoms. The van der Waals surface area contributed by atoms with Gasteiger partial charge in [0.1, 0.15) is 16.5 Å². The number of nitrogens with one attached hydrogen (secondary N) is 1. The van der Waals surface area contributed by atoms with E-state index in [0.717, 1.165) is 28.6 Å². The minimum Gasteiger partial charge on any atom is -0.497 e.